The van der Waals surface area contributed by atoms with Gasteiger partial charge in [-0.2, -0.15) is 0 Å². The van der Waals surface area contributed by atoms with Gasteiger partial charge in [0, 0.05) is 25.2 Å². The standard InChI is InChI=1S/C32H39N3O3/c1-19(2)14-27-31(37)33-29(25-16-21-8-6-7-9-22(21)17-25)32(38)35(27)30(28(36)15-20(3)4)24-10-11-26-23(18-24)12-13-34(26)5/h6-13,18-20,25,27,29-30H,14-17H2,1-5H3,(H,33,37)/t27-,29-,30-/m1/s1. The second-order valence-electron chi connectivity index (χ2n) is 12.0. The maximum Gasteiger partial charge on any atom is 0.247 e. The molecule has 0 bridgehead atoms. The zero-order valence-corrected chi connectivity index (χ0v) is 23.1. The van der Waals surface area contributed by atoms with E-state index in [-0.39, 0.29) is 35.4 Å². The van der Waals surface area contributed by atoms with E-state index in [9.17, 15) is 14.4 Å². The van der Waals surface area contributed by atoms with Crippen LogP contribution in [0.25, 0.3) is 10.9 Å². The summed E-state index contributed by atoms with van der Waals surface area (Å²) < 4.78 is 2.04. The molecule has 3 aromatic rings. The summed E-state index contributed by atoms with van der Waals surface area (Å²) in [6.45, 7) is 8.14. The van der Waals surface area contributed by atoms with Crippen LogP contribution in [0.2, 0.25) is 0 Å². The van der Waals surface area contributed by atoms with Gasteiger partial charge in [-0.25, -0.2) is 0 Å². The molecule has 2 heterocycles. The number of aryl methyl sites for hydroxylation is 1. The summed E-state index contributed by atoms with van der Waals surface area (Å²) in [4.78, 5) is 43.8. The molecule has 1 aliphatic heterocycles. The Hall–Kier alpha value is -3.41. The first-order chi connectivity index (χ1) is 18.1. The van der Waals surface area contributed by atoms with E-state index < -0.39 is 18.1 Å². The van der Waals surface area contributed by atoms with Crippen molar-refractivity contribution < 1.29 is 14.4 Å². The molecule has 0 spiro atoms. The lowest BCUT2D eigenvalue weighted by Gasteiger charge is -2.45. The van der Waals surface area contributed by atoms with Crippen molar-refractivity contribution in [2.45, 2.75) is 71.5 Å². The Morgan fingerprint density at radius 2 is 1.66 bits per heavy atom. The number of hydrogen-bond donors (Lipinski definition) is 1. The van der Waals surface area contributed by atoms with Crippen molar-refractivity contribution in [3.8, 4) is 0 Å². The fourth-order valence-electron chi connectivity index (χ4n) is 6.36. The molecule has 1 fully saturated rings. The predicted molar refractivity (Wildman–Crippen MR) is 149 cm³/mol. The average molecular weight is 514 g/mol. The number of Topliss-reactive ketones (excluding diaryl/α,β-unsaturated/α-hetero) is 1. The molecule has 6 heteroatoms. The SMILES string of the molecule is CC(C)CC(=O)[C@@H](c1ccc2c(ccn2C)c1)N1C(=O)[C@@H](C2Cc3ccccc3C2)NC(=O)[C@H]1CC(C)C. The summed E-state index contributed by atoms with van der Waals surface area (Å²) in [5, 5.41) is 4.12. The summed E-state index contributed by atoms with van der Waals surface area (Å²) in [7, 11) is 1.99. The predicted octanol–water partition coefficient (Wildman–Crippen LogP) is 4.99. The second kappa shape index (κ2) is 10.4. The van der Waals surface area contributed by atoms with E-state index in [0.717, 1.165) is 29.3 Å². The van der Waals surface area contributed by atoms with E-state index in [4.69, 9.17) is 0 Å². The smallest absolute Gasteiger partial charge is 0.247 e. The first-order valence-corrected chi connectivity index (χ1v) is 13.9. The first kappa shape index (κ1) is 26.2. The molecule has 38 heavy (non-hydrogen) atoms. The molecule has 6 nitrogen and oxygen atoms in total. The third-order valence-corrected chi connectivity index (χ3v) is 8.12. The first-order valence-electron chi connectivity index (χ1n) is 13.9. The van der Waals surface area contributed by atoms with Crippen molar-refractivity contribution in [3.63, 3.8) is 0 Å². The van der Waals surface area contributed by atoms with Gasteiger partial charge in [-0.3, -0.25) is 14.4 Å². The number of rotatable bonds is 8. The number of carbonyl (C=O) groups is 3. The van der Waals surface area contributed by atoms with Gasteiger partial charge in [0.25, 0.3) is 0 Å². The quantitative estimate of drug-likeness (QED) is 0.461. The van der Waals surface area contributed by atoms with Crippen LogP contribution in [0, 0.1) is 17.8 Å². The van der Waals surface area contributed by atoms with Crippen LogP contribution in [-0.2, 0) is 34.3 Å². The van der Waals surface area contributed by atoms with Crippen LogP contribution < -0.4 is 5.32 Å². The third-order valence-electron chi connectivity index (χ3n) is 8.12. The normalized spacial score (nSPS) is 20.9. The minimum absolute atomic E-state index is 0.0134. The summed E-state index contributed by atoms with van der Waals surface area (Å²) in [5.41, 5.74) is 4.31. The lowest BCUT2D eigenvalue weighted by atomic mass is 9.86. The molecule has 0 saturated carbocycles. The molecule has 200 valence electrons. The van der Waals surface area contributed by atoms with Crippen LogP contribution in [0.15, 0.2) is 54.7 Å². The van der Waals surface area contributed by atoms with Crippen LogP contribution in [-0.4, -0.2) is 39.1 Å². The summed E-state index contributed by atoms with van der Waals surface area (Å²) in [6, 6.07) is 14.1. The van der Waals surface area contributed by atoms with Crippen LogP contribution in [0.3, 0.4) is 0 Å². The van der Waals surface area contributed by atoms with Gasteiger partial charge in [-0.05, 0) is 77.3 Å². The van der Waals surface area contributed by atoms with Gasteiger partial charge in [0.1, 0.15) is 18.1 Å². The summed E-state index contributed by atoms with van der Waals surface area (Å²) >= 11 is 0. The number of hydrogen-bond acceptors (Lipinski definition) is 3. The largest absolute Gasteiger partial charge is 0.351 e. The number of carbonyl (C=O) groups excluding carboxylic acids is 3. The summed E-state index contributed by atoms with van der Waals surface area (Å²) in [5.74, 6) is 0.00343. The zero-order chi connectivity index (χ0) is 27.1. The van der Waals surface area contributed by atoms with Crippen LogP contribution in [0.5, 0.6) is 0 Å². The number of nitrogens with zero attached hydrogens (tertiary/aromatic N) is 2. The molecule has 1 aromatic heterocycles. The highest BCUT2D eigenvalue weighted by Gasteiger charge is 2.49. The van der Waals surface area contributed by atoms with E-state index in [1.807, 2.05) is 68.1 Å². The van der Waals surface area contributed by atoms with Crippen LogP contribution >= 0.6 is 0 Å². The van der Waals surface area contributed by atoms with Gasteiger partial charge in [-0.1, -0.05) is 58.0 Å². The van der Waals surface area contributed by atoms with Gasteiger partial charge in [0.15, 0.2) is 5.78 Å². The maximum absolute atomic E-state index is 14.4. The third kappa shape index (κ3) is 4.89. The number of fused-ring (bicyclic) bond motifs is 2. The van der Waals surface area contributed by atoms with Gasteiger partial charge in [-0.15, -0.1) is 0 Å². The van der Waals surface area contributed by atoms with E-state index in [0.29, 0.717) is 12.8 Å². The molecule has 2 aliphatic rings. The summed E-state index contributed by atoms with van der Waals surface area (Å²) in [6.07, 6.45) is 4.34. The van der Waals surface area contributed by atoms with Crippen molar-refractivity contribution in [3.05, 3.63) is 71.4 Å². The highest BCUT2D eigenvalue weighted by atomic mass is 16.2. The molecular formula is C32H39N3O3. The highest BCUT2D eigenvalue weighted by molar-refractivity contribution is 6.01. The second-order valence-corrected chi connectivity index (χ2v) is 12.0. The lowest BCUT2D eigenvalue weighted by molar-refractivity contribution is -0.157. The van der Waals surface area contributed by atoms with Crippen LogP contribution in [0.4, 0.5) is 0 Å². The fourth-order valence-corrected chi connectivity index (χ4v) is 6.36. The molecule has 2 amide bonds. The Morgan fingerprint density at radius 3 is 2.29 bits per heavy atom. The van der Waals surface area contributed by atoms with E-state index in [1.165, 1.54) is 11.1 Å². The van der Waals surface area contributed by atoms with Crippen molar-refractivity contribution in [1.82, 2.24) is 14.8 Å². The Balaban J connectivity index is 1.58. The van der Waals surface area contributed by atoms with E-state index in [1.54, 1.807) is 4.90 Å². The minimum atomic E-state index is -0.796. The molecule has 3 atom stereocenters. The van der Waals surface area contributed by atoms with Crippen molar-refractivity contribution in [2.75, 3.05) is 0 Å². The molecule has 1 saturated heterocycles. The topological polar surface area (TPSA) is 71.4 Å². The van der Waals surface area contributed by atoms with Crippen molar-refractivity contribution >= 4 is 28.5 Å². The van der Waals surface area contributed by atoms with Crippen LogP contribution in [0.1, 0.15) is 63.3 Å². The molecule has 0 radical (unpaired) electrons. The average Bonchev–Trinajstić information content (AvgIpc) is 3.45. The molecule has 0 unspecified atom stereocenters. The number of benzene rings is 2. The van der Waals surface area contributed by atoms with Crippen molar-refractivity contribution in [1.29, 1.82) is 0 Å². The van der Waals surface area contributed by atoms with E-state index >= 15 is 0 Å². The fraction of sp³-hybridized carbons (Fsp3) is 0.469. The van der Waals surface area contributed by atoms with Gasteiger partial charge < -0.3 is 14.8 Å². The monoisotopic (exact) mass is 513 g/mol. The van der Waals surface area contributed by atoms with Gasteiger partial charge in [0.2, 0.25) is 11.8 Å². The van der Waals surface area contributed by atoms with Gasteiger partial charge in [0.05, 0.1) is 0 Å². The zero-order valence-electron chi connectivity index (χ0n) is 23.1. The number of nitrogens with one attached hydrogen (secondary N) is 1. The molecule has 1 aliphatic carbocycles. The minimum Gasteiger partial charge on any atom is -0.351 e. The number of amides is 2. The van der Waals surface area contributed by atoms with Gasteiger partial charge >= 0.3 is 0 Å². The highest BCUT2D eigenvalue weighted by Crippen LogP contribution is 2.37. The number of ketones is 1. The molecule has 1 N–H and O–H groups in total. The number of piperazine rings is 1. The van der Waals surface area contributed by atoms with Crippen molar-refractivity contribution in [2.24, 2.45) is 24.8 Å². The maximum atomic E-state index is 14.4. The molecule has 5 rings (SSSR count). The molecular weight excluding hydrogens is 474 g/mol. The Bertz CT molecular complexity index is 1350. The lowest BCUT2D eigenvalue weighted by Crippen LogP contribution is -2.66. The Labute approximate surface area is 225 Å². The van der Waals surface area contributed by atoms with E-state index in [2.05, 4.69) is 31.3 Å². The number of aromatic nitrogens is 1. The Morgan fingerprint density at radius 1 is 0.974 bits per heavy atom. The molecule has 2 aromatic carbocycles. The Kier molecular flexibility index (Phi) is 7.17.